The number of carboxylic acid groups (broad SMARTS) is 1. The molecule has 17 heavy (non-hydrogen) atoms. The first-order chi connectivity index (χ1) is 8.16. The molecule has 2 heterocycles. The van der Waals surface area contributed by atoms with Crippen molar-refractivity contribution >= 4 is 23.2 Å². The second-order valence-corrected chi connectivity index (χ2v) is 4.08. The van der Waals surface area contributed by atoms with E-state index in [0.29, 0.717) is 5.76 Å². The molecule has 0 saturated carbocycles. The van der Waals surface area contributed by atoms with E-state index in [4.69, 9.17) is 9.63 Å². The Labute approximate surface area is 99.9 Å². The predicted octanol–water partition coefficient (Wildman–Crippen LogP) is 1.22. The highest BCUT2D eigenvalue weighted by Gasteiger charge is 2.14. The van der Waals surface area contributed by atoms with Gasteiger partial charge in [-0.25, -0.2) is 0 Å². The molecule has 0 aliphatic carbocycles. The second-order valence-electron chi connectivity index (χ2n) is 3.13. The van der Waals surface area contributed by atoms with Gasteiger partial charge in [-0.1, -0.05) is 11.2 Å². The Hall–Kier alpha value is -2.15. The molecule has 0 aliphatic rings. The summed E-state index contributed by atoms with van der Waals surface area (Å²) >= 11 is 1.46. The fraction of sp³-hybridized carbons (Fsp3) is 0.100. The lowest BCUT2D eigenvalue weighted by Crippen LogP contribution is -2.29. The lowest BCUT2D eigenvalue weighted by molar-refractivity contribution is -0.135. The molecule has 0 spiro atoms. The predicted molar refractivity (Wildman–Crippen MR) is 59.8 cm³/mol. The maximum absolute atomic E-state index is 11.4. The van der Waals surface area contributed by atoms with Gasteiger partial charge in [0.05, 0.1) is 4.88 Å². The molecule has 0 fully saturated rings. The second kappa shape index (κ2) is 4.79. The van der Waals surface area contributed by atoms with Gasteiger partial charge in [-0.05, 0) is 11.4 Å². The zero-order valence-electron chi connectivity index (χ0n) is 8.54. The summed E-state index contributed by atoms with van der Waals surface area (Å²) in [4.78, 5) is 22.6. The van der Waals surface area contributed by atoms with Crippen LogP contribution in [0.25, 0.3) is 10.6 Å². The van der Waals surface area contributed by atoms with Crippen molar-refractivity contribution in [2.45, 2.75) is 0 Å². The first-order valence-electron chi connectivity index (χ1n) is 4.67. The quantitative estimate of drug-likeness (QED) is 0.853. The molecule has 7 heteroatoms. The molecule has 6 nitrogen and oxygen atoms in total. The Kier molecular flexibility index (Phi) is 3.20. The lowest BCUT2D eigenvalue weighted by atomic mass is 10.3. The Balaban J connectivity index is 2.08. The van der Waals surface area contributed by atoms with Crippen molar-refractivity contribution in [1.82, 2.24) is 10.5 Å². The third-order valence-corrected chi connectivity index (χ3v) is 2.79. The first kappa shape index (κ1) is 11.3. The molecule has 2 aromatic rings. The van der Waals surface area contributed by atoms with Crippen LogP contribution in [-0.2, 0) is 4.79 Å². The van der Waals surface area contributed by atoms with E-state index in [2.05, 4.69) is 10.5 Å². The number of hydrogen-bond acceptors (Lipinski definition) is 5. The van der Waals surface area contributed by atoms with E-state index in [9.17, 15) is 9.59 Å². The van der Waals surface area contributed by atoms with Crippen molar-refractivity contribution in [2.75, 3.05) is 6.54 Å². The highest BCUT2D eigenvalue weighted by molar-refractivity contribution is 7.13. The van der Waals surface area contributed by atoms with Crippen LogP contribution in [0.1, 0.15) is 10.5 Å². The van der Waals surface area contributed by atoms with Gasteiger partial charge < -0.3 is 14.9 Å². The minimum Gasteiger partial charge on any atom is -0.480 e. The molecule has 2 aromatic heterocycles. The van der Waals surface area contributed by atoms with Crippen molar-refractivity contribution in [2.24, 2.45) is 0 Å². The smallest absolute Gasteiger partial charge is 0.322 e. The van der Waals surface area contributed by atoms with Crippen molar-refractivity contribution in [3.63, 3.8) is 0 Å². The highest BCUT2D eigenvalue weighted by Crippen LogP contribution is 2.24. The van der Waals surface area contributed by atoms with Crippen LogP contribution < -0.4 is 5.32 Å². The molecular weight excluding hydrogens is 244 g/mol. The zero-order valence-corrected chi connectivity index (χ0v) is 9.36. The van der Waals surface area contributed by atoms with Crippen molar-refractivity contribution < 1.29 is 19.2 Å². The van der Waals surface area contributed by atoms with Crippen molar-refractivity contribution in [3.8, 4) is 10.6 Å². The highest BCUT2D eigenvalue weighted by atomic mass is 32.1. The van der Waals surface area contributed by atoms with Crippen LogP contribution in [0.5, 0.6) is 0 Å². The van der Waals surface area contributed by atoms with E-state index in [0.717, 1.165) is 4.88 Å². The van der Waals surface area contributed by atoms with E-state index in [-0.39, 0.29) is 5.69 Å². The third-order valence-electron chi connectivity index (χ3n) is 1.91. The van der Waals surface area contributed by atoms with Gasteiger partial charge in [-0.2, -0.15) is 0 Å². The summed E-state index contributed by atoms with van der Waals surface area (Å²) in [7, 11) is 0. The van der Waals surface area contributed by atoms with Crippen LogP contribution in [0.15, 0.2) is 28.1 Å². The fourth-order valence-corrected chi connectivity index (χ4v) is 1.84. The normalized spacial score (nSPS) is 10.1. The van der Waals surface area contributed by atoms with E-state index >= 15 is 0 Å². The van der Waals surface area contributed by atoms with Gasteiger partial charge in [0.1, 0.15) is 6.54 Å². The molecule has 0 unspecified atom stereocenters. The van der Waals surface area contributed by atoms with E-state index < -0.39 is 18.4 Å². The summed E-state index contributed by atoms with van der Waals surface area (Å²) < 4.78 is 4.99. The topological polar surface area (TPSA) is 92.4 Å². The first-order valence-corrected chi connectivity index (χ1v) is 5.55. The van der Waals surface area contributed by atoms with Gasteiger partial charge in [0, 0.05) is 6.07 Å². The largest absolute Gasteiger partial charge is 0.480 e. The summed E-state index contributed by atoms with van der Waals surface area (Å²) in [6.07, 6.45) is 0. The van der Waals surface area contributed by atoms with Crippen LogP contribution in [0, 0.1) is 0 Å². The van der Waals surface area contributed by atoms with E-state index in [1.807, 2.05) is 17.5 Å². The molecule has 88 valence electrons. The summed E-state index contributed by atoms with van der Waals surface area (Å²) in [5.41, 5.74) is 0.0645. The number of carbonyl (C=O) groups is 2. The molecular formula is C10H8N2O4S. The number of hydrogen-bond donors (Lipinski definition) is 2. The van der Waals surface area contributed by atoms with E-state index in [1.54, 1.807) is 0 Å². The molecule has 0 aromatic carbocycles. The van der Waals surface area contributed by atoms with Gasteiger partial charge in [0.25, 0.3) is 5.91 Å². The number of thiophene rings is 1. The summed E-state index contributed by atoms with van der Waals surface area (Å²) in [5.74, 6) is -1.19. The summed E-state index contributed by atoms with van der Waals surface area (Å²) in [6, 6.07) is 5.17. The van der Waals surface area contributed by atoms with Crippen molar-refractivity contribution in [3.05, 3.63) is 29.3 Å². The maximum atomic E-state index is 11.4. The van der Waals surface area contributed by atoms with Crippen LogP contribution >= 0.6 is 11.3 Å². The number of aromatic nitrogens is 1. The van der Waals surface area contributed by atoms with Crippen LogP contribution in [-0.4, -0.2) is 28.7 Å². The Bertz CT molecular complexity index is 532. The van der Waals surface area contributed by atoms with Crippen LogP contribution in [0.4, 0.5) is 0 Å². The fourth-order valence-electron chi connectivity index (χ4n) is 1.16. The number of rotatable bonds is 4. The minimum absolute atomic E-state index is 0.0645. The average molecular weight is 252 g/mol. The van der Waals surface area contributed by atoms with Crippen LogP contribution in [0.2, 0.25) is 0 Å². The van der Waals surface area contributed by atoms with E-state index in [1.165, 1.54) is 17.4 Å². The Morgan fingerprint density at radius 1 is 1.53 bits per heavy atom. The SMILES string of the molecule is O=C(O)CNC(=O)c1cc(-c2cccs2)on1. The molecule has 0 aliphatic heterocycles. The Morgan fingerprint density at radius 3 is 3.00 bits per heavy atom. The molecule has 2 N–H and O–H groups in total. The molecule has 2 rings (SSSR count). The number of carboxylic acids is 1. The summed E-state index contributed by atoms with van der Waals surface area (Å²) in [5, 5.41) is 16.1. The lowest BCUT2D eigenvalue weighted by Gasteiger charge is -1.96. The number of carbonyl (C=O) groups excluding carboxylic acids is 1. The molecule has 1 amide bonds. The van der Waals surface area contributed by atoms with Gasteiger partial charge in [0.2, 0.25) is 0 Å². The molecule has 0 bridgehead atoms. The monoisotopic (exact) mass is 252 g/mol. The van der Waals surface area contributed by atoms with Gasteiger partial charge in [-0.3, -0.25) is 9.59 Å². The zero-order chi connectivity index (χ0) is 12.3. The van der Waals surface area contributed by atoms with Crippen molar-refractivity contribution in [1.29, 1.82) is 0 Å². The van der Waals surface area contributed by atoms with Gasteiger partial charge in [-0.15, -0.1) is 11.3 Å². The number of nitrogens with one attached hydrogen (secondary N) is 1. The average Bonchev–Trinajstić information content (AvgIpc) is 2.94. The minimum atomic E-state index is -1.11. The Morgan fingerprint density at radius 2 is 2.35 bits per heavy atom. The number of nitrogens with zero attached hydrogens (tertiary/aromatic N) is 1. The standard InChI is InChI=1S/C10H8N2O4S/c13-9(14)5-11-10(15)6-4-7(16-12-6)8-2-1-3-17-8/h1-4H,5H2,(H,11,15)(H,13,14). The maximum Gasteiger partial charge on any atom is 0.322 e. The molecule has 0 atom stereocenters. The third kappa shape index (κ3) is 2.70. The number of amides is 1. The molecule has 0 saturated heterocycles. The molecule has 0 radical (unpaired) electrons. The van der Waals surface area contributed by atoms with Gasteiger partial charge in [0.15, 0.2) is 11.5 Å². The number of aliphatic carboxylic acids is 1. The van der Waals surface area contributed by atoms with Crippen LogP contribution in [0.3, 0.4) is 0 Å². The van der Waals surface area contributed by atoms with Gasteiger partial charge >= 0.3 is 5.97 Å². The summed E-state index contributed by atoms with van der Waals surface area (Å²) in [6.45, 7) is -0.444.